The lowest BCUT2D eigenvalue weighted by molar-refractivity contribution is 0.885. The van der Waals surface area contributed by atoms with Gasteiger partial charge < -0.3 is 0 Å². The smallest absolute Gasteiger partial charge is 0.0235 e. The molecule has 3 rings (SSSR count). The molecule has 0 spiro atoms. The fourth-order valence-electron chi connectivity index (χ4n) is 2.62. The topological polar surface area (TPSA) is 0 Å². The molecule has 1 atom stereocenters. The van der Waals surface area contributed by atoms with Crippen molar-refractivity contribution in [3.63, 3.8) is 0 Å². The number of rotatable bonds is 0. The summed E-state index contributed by atoms with van der Waals surface area (Å²) in [4.78, 5) is 1.48. The van der Waals surface area contributed by atoms with E-state index in [0.717, 1.165) is 5.75 Å². The molecule has 0 saturated carbocycles. The quantitative estimate of drug-likeness (QED) is 0.640. The van der Waals surface area contributed by atoms with Crippen molar-refractivity contribution in [3.8, 4) is 0 Å². The number of thioether (sulfide) groups is 1. The molecule has 0 fully saturated rings. The number of hydrogen-bond acceptors (Lipinski definition) is 1. The fourth-order valence-corrected chi connectivity index (χ4v) is 3.89. The maximum absolute atomic E-state index is 2.32. The Bertz CT molecular complexity index is 557. The molecule has 86 valence electrons. The molecule has 0 amide bonds. The van der Waals surface area contributed by atoms with Gasteiger partial charge in [-0.2, -0.15) is 0 Å². The van der Waals surface area contributed by atoms with Gasteiger partial charge in [0.1, 0.15) is 0 Å². The highest BCUT2D eigenvalue weighted by atomic mass is 32.2. The van der Waals surface area contributed by atoms with Crippen molar-refractivity contribution in [2.75, 3.05) is 0 Å². The maximum Gasteiger partial charge on any atom is 0.0235 e. The molecule has 0 saturated heterocycles. The van der Waals surface area contributed by atoms with Gasteiger partial charge in [-0.1, -0.05) is 49.4 Å². The standard InChI is InChI=1S/C16H16S/c1-11-6-5-9-15-12(2)14-8-4-3-7-13(14)10-17-16(11)15/h3-9,12H,10H2,1-2H3/t12-/m1/s1. The Labute approximate surface area is 107 Å². The summed E-state index contributed by atoms with van der Waals surface area (Å²) in [5.74, 6) is 1.61. The number of aryl methyl sites for hydroxylation is 1. The van der Waals surface area contributed by atoms with Crippen LogP contribution in [-0.2, 0) is 5.75 Å². The van der Waals surface area contributed by atoms with Gasteiger partial charge in [-0.3, -0.25) is 0 Å². The first-order valence-corrected chi connectivity index (χ1v) is 7.06. The van der Waals surface area contributed by atoms with E-state index in [4.69, 9.17) is 0 Å². The molecular formula is C16H16S. The second-order valence-electron chi connectivity index (χ2n) is 4.70. The van der Waals surface area contributed by atoms with E-state index >= 15 is 0 Å². The second kappa shape index (κ2) is 4.23. The van der Waals surface area contributed by atoms with Gasteiger partial charge in [0, 0.05) is 16.6 Å². The van der Waals surface area contributed by atoms with Crippen LogP contribution in [0.3, 0.4) is 0 Å². The molecule has 0 nitrogen and oxygen atoms in total. The highest BCUT2D eigenvalue weighted by Gasteiger charge is 2.20. The SMILES string of the molecule is Cc1cccc2c1SCc1ccccc1[C@H]2C. The minimum absolute atomic E-state index is 0.510. The lowest BCUT2D eigenvalue weighted by Gasteiger charge is -2.15. The third-order valence-electron chi connectivity index (χ3n) is 3.60. The predicted molar refractivity (Wildman–Crippen MR) is 74.7 cm³/mol. The molecule has 0 unspecified atom stereocenters. The third kappa shape index (κ3) is 1.79. The van der Waals surface area contributed by atoms with Crippen molar-refractivity contribution >= 4 is 11.8 Å². The summed E-state index contributed by atoms with van der Waals surface area (Å²) in [6.07, 6.45) is 0. The molecule has 0 radical (unpaired) electrons. The summed E-state index contributed by atoms with van der Waals surface area (Å²) >= 11 is 1.98. The van der Waals surface area contributed by atoms with Gasteiger partial charge in [0.15, 0.2) is 0 Å². The van der Waals surface area contributed by atoms with Gasteiger partial charge in [-0.25, -0.2) is 0 Å². The van der Waals surface area contributed by atoms with E-state index in [0.29, 0.717) is 5.92 Å². The highest BCUT2D eigenvalue weighted by Crippen LogP contribution is 2.41. The minimum Gasteiger partial charge on any atom is -0.121 e. The Balaban J connectivity index is 2.20. The first-order valence-electron chi connectivity index (χ1n) is 6.07. The number of hydrogen-bond donors (Lipinski definition) is 0. The Morgan fingerprint density at radius 1 is 1.00 bits per heavy atom. The number of fused-ring (bicyclic) bond motifs is 2. The Hall–Kier alpha value is -1.21. The van der Waals surface area contributed by atoms with Gasteiger partial charge in [0.2, 0.25) is 0 Å². The zero-order chi connectivity index (χ0) is 11.8. The zero-order valence-corrected chi connectivity index (χ0v) is 11.1. The fraction of sp³-hybridized carbons (Fsp3) is 0.250. The lowest BCUT2D eigenvalue weighted by Crippen LogP contribution is -1.99. The molecule has 0 bridgehead atoms. The molecule has 0 N–H and O–H groups in total. The molecule has 0 aliphatic carbocycles. The van der Waals surface area contributed by atoms with Gasteiger partial charge in [-0.05, 0) is 29.2 Å². The van der Waals surface area contributed by atoms with E-state index < -0.39 is 0 Å². The summed E-state index contributed by atoms with van der Waals surface area (Å²) in [5.41, 5.74) is 5.87. The predicted octanol–water partition coefficient (Wildman–Crippen LogP) is 4.75. The van der Waals surface area contributed by atoms with Crippen LogP contribution in [0.15, 0.2) is 47.4 Å². The summed E-state index contributed by atoms with van der Waals surface area (Å²) < 4.78 is 0. The minimum atomic E-state index is 0.510. The van der Waals surface area contributed by atoms with Crippen molar-refractivity contribution in [2.24, 2.45) is 0 Å². The summed E-state index contributed by atoms with van der Waals surface area (Å²) in [7, 11) is 0. The summed E-state index contributed by atoms with van der Waals surface area (Å²) in [5, 5.41) is 0. The van der Waals surface area contributed by atoms with Gasteiger partial charge in [0.05, 0.1) is 0 Å². The first-order chi connectivity index (χ1) is 8.27. The zero-order valence-electron chi connectivity index (χ0n) is 10.2. The Morgan fingerprint density at radius 2 is 1.76 bits per heavy atom. The lowest BCUT2D eigenvalue weighted by atomic mass is 9.89. The highest BCUT2D eigenvalue weighted by molar-refractivity contribution is 7.98. The van der Waals surface area contributed by atoms with Crippen LogP contribution in [0.2, 0.25) is 0 Å². The maximum atomic E-state index is 2.32. The van der Waals surface area contributed by atoms with Crippen molar-refractivity contribution in [2.45, 2.75) is 30.4 Å². The number of benzene rings is 2. The van der Waals surface area contributed by atoms with Crippen LogP contribution in [0.1, 0.15) is 35.1 Å². The van der Waals surface area contributed by atoms with Gasteiger partial charge in [-0.15, -0.1) is 11.8 Å². The van der Waals surface area contributed by atoms with Gasteiger partial charge >= 0.3 is 0 Å². The van der Waals surface area contributed by atoms with Crippen molar-refractivity contribution in [3.05, 3.63) is 64.7 Å². The van der Waals surface area contributed by atoms with E-state index in [-0.39, 0.29) is 0 Å². The van der Waals surface area contributed by atoms with Crippen LogP contribution < -0.4 is 0 Å². The molecular weight excluding hydrogens is 224 g/mol. The molecule has 1 heterocycles. The van der Waals surface area contributed by atoms with Crippen LogP contribution >= 0.6 is 11.8 Å². The van der Waals surface area contributed by atoms with E-state index in [1.165, 1.54) is 27.1 Å². The van der Waals surface area contributed by atoms with E-state index in [2.05, 4.69) is 56.3 Å². The van der Waals surface area contributed by atoms with E-state index in [9.17, 15) is 0 Å². The van der Waals surface area contributed by atoms with Crippen LogP contribution in [-0.4, -0.2) is 0 Å². The van der Waals surface area contributed by atoms with Crippen molar-refractivity contribution in [1.82, 2.24) is 0 Å². The van der Waals surface area contributed by atoms with Gasteiger partial charge in [0.25, 0.3) is 0 Å². The molecule has 0 aromatic heterocycles. The Morgan fingerprint density at radius 3 is 2.65 bits per heavy atom. The monoisotopic (exact) mass is 240 g/mol. The largest absolute Gasteiger partial charge is 0.121 e. The second-order valence-corrected chi connectivity index (χ2v) is 5.69. The molecule has 17 heavy (non-hydrogen) atoms. The molecule has 2 aromatic rings. The van der Waals surface area contributed by atoms with Crippen LogP contribution in [0.5, 0.6) is 0 Å². The molecule has 2 aromatic carbocycles. The van der Waals surface area contributed by atoms with Crippen LogP contribution in [0, 0.1) is 6.92 Å². The first kappa shape index (κ1) is 10.9. The van der Waals surface area contributed by atoms with Crippen LogP contribution in [0.25, 0.3) is 0 Å². The van der Waals surface area contributed by atoms with E-state index in [1.54, 1.807) is 0 Å². The average Bonchev–Trinajstić information content (AvgIpc) is 2.50. The molecule has 1 aliphatic rings. The van der Waals surface area contributed by atoms with E-state index in [1.807, 2.05) is 11.8 Å². The summed E-state index contributed by atoms with van der Waals surface area (Å²) in [6, 6.07) is 15.5. The average molecular weight is 240 g/mol. The summed E-state index contributed by atoms with van der Waals surface area (Å²) in [6.45, 7) is 4.54. The van der Waals surface area contributed by atoms with Crippen molar-refractivity contribution in [1.29, 1.82) is 0 Å². The normalized spacial score (nSPS) is 18.1. The third-order valence-corrected chi connectivity index (χ3v) is 4.90. The van der Waals surface area contributed by atoms with Crippen LogP contribution in [0.4, 0.5) is 0 Å². The van der Waals surface area contributed by atoms with Crippen molar-refractivity contribution < 1.29 is 0 Å². The molecule has 1 aliphatic heterocycles. The molecule has 1 heteroatoms. The Kier molecular flexibility index (Phi) is 2.71.